The van der Waals surface area contributed by atoms with Crippen molar-refractivity contribution in [2.45, 2.75) is 18.8 Å². The molecular formula is C33H24F2N4O5. The molecule has 1 N–H and O–H groups in total. The Balaban J connectivity index is 1.31. The Hall–Kier alpha value is -5.76. The third kappa shape index (κ3) is 5.29. The smallest absolute Gasteiger partial charge is 0.336 e. The number of amides is 1. The minimum atomic E-state index is -0.779. The van der Waals surface area contributed by atoms with Crippen LogP contribution < -0.4 is 25.1 Å². The van der Waals surface area contributed by atoms with Gasteiger partial charge in [0.25, 0.3) is 5.91 Å². The fourth-order valence-corrected chi connectivity index (χ4v) is 4.94. The SMILES string of the molecule is [C-]#[N+]c1c(C2CC2)cc(C(=O)Nc2ccc(Oc3ccnc4cc(OC)c(OC)cc34)c(F)c2)c(=O)n1-c1ccc(F)cc1. The molecule has 0 spiro atoms. The molecule has 9 nitrogen and oxygen atoms in total. The lowest BCUT2D eigenvalue weighted by Gasteiger charge is -2.14. The van der Waals surface area contributed by atoms with Crippen molar-refractivity contribution >= 4 is 28.3 Å². The zero-order chi connectivity index (χ0) is 31.0. The first-order valence-corrected chi connectivity index (χ1v) is 13.5. The van der Waals surface area contributed by atoms with Gasteiger partial charge in [-0.15, -0.1) is 0 Å². The van der Waals surface area contributed by atoms with Gasteiger partial charge < -0.3 is 24.4 Å². The molecule has 0 atom stereocenters. The number of pyridine rings is 2. The summed E-state index contributed by atoms with van der Waals surface area (Å²) in [4.78, 5) is 34.8. The van der Waals surface area contributed by atoms with E-state index in [9.17, 15) is 14.0 Å². The third-order valence-electron chi connectivity index (χ3n) is 7.27. The molecule has 11 heteroatoms. The lowest BCUT2D eigenvalue weighted by Crippen LogP contribution is -2.29. The summed E-state index contributed by atoms with van der Waals surface area (Å²) in [7, 11) is 3.01. The Morgan fingerprint density at radius 1 is 0.955 bits per heavy atom. The molecule has 1 fully saturated rings. The van der Waals surface area contributed by atoms with Crippen molar-refractivity contribution < 1.29 is 27.8 Å². The Kier molecular flexibility index (Phi) is 7.41. The van der Waals surface area contributed by atoms with Gasteiger partial charge in [0.15, 0.2) is 23.1 Å². The number of carbonyl (C=O) groups excluding carboxylic acids is 1. The molecule has 0 radical (unpaired) electrons. The Morgan fingerprint density at radius 2 is 1.68 bits per heavy atom. The number of nitrogens with zero attached hydrogens (tertiary/aromatic N) is 3. The van der Waals surface area contributed by atoms with Crippen LogP contribution in [0.25, 0.3) is 21.4 Å². The normalized spacial score (nSPS) is 12.4. The molecule has 3 aromatic carbocycles. The maximum Gasteiger partial charge on any atom is 0.336 e. The molecule has 2 heterocycles. The van der Waals surface area contributed by atoms with Crippen LogP contribution in [0.3, 0.4) is 0 Å². The van der Waals surface area contributed by atoms with E-state index in [1.165, 1.54) is 62.9 Å². The molecule has 1 amide bonds. The number of rotatable bonds is 8. The lowest BCUT2D eigenvalue weighted by molar-refractivity contribution is 0.102. The molecule has 0 saturated heterocycles. The number of benzene rings is 3. The summed E-state index contributed by atoms with van der Waals surface area (Å²) in [6, 6.07) is 15.3. The van der Waals surface area contributed by atoms with Gasteiger partial charge in [0, 0.05) is 29.4 Å². The van der Waals surface area contributed by atoms with Crippen molar-refractivity contribution in [1.29, 1.82) is 0 Å². The highest BCUT2D eigenvalue weighted by molar-refractivity contribution is 6.04. The van der Waals surface area contributed by atoms with E-state index < -0.39 is 23.1 Å². The summed E-state index contributed by atoms with van der Waals surface area (Å²) < 4.78 is 46.5. The first kappa shape index (κ1) is 28.4. The van der Waals surface area contributed by atoms with Gasteiger partial charge >= 0.3 is 5.56 Å². The second-order valence-corrected chi connectivity index (χ2v) is 10.1. The molecule has 1 saturated carbocycles. The number of halogens is 2. The number of methoxy groups -OCH3 is 2. The average Bonchev–Trinajstić information content (AvgIpc) is 3.87. The Labute approximate surface area is 250 Å². The molecular weight excluding hydrogens is 570 g/mol. The standard InChI is InChI=1S/C33H24F2N4O5/c1-36-31-22(18-4-5-18)15-24(33(41)39(31)21-9-6-19(34)7-10-21)32(40)38-20-8-11-28(25(35)14-20)44-27-12-13-37-26-17-30(43-3)29(42-2)16-23(26)27/h6-18H,4-5H2,2-3H3,(H,38,40). The van der Waals surface area contributed by atoms with E-state index in [1.807, 2.05) is 0 Å². The van der Waals surface area contributed by atoms with Crippen molar-refractivity contribution in [3.63, 3.8) is 0 Å². The van der Waals surface area contributed by atoms with E-state index >= 15 is 4.39 Å². The van der Waals surface area contributed by atoms with Crippen molar-refractivity contribution in [2.24, 2.45) is 0 Å². The number of ether oxygens (including phenoxy) is 3. The number of nitrogens with one attached hydrogen (secondary N) is 1. The highest BCUT2D eigenvalue weighted by Crippen LogP contribution is 2.45. The van der Waals surface area contributed by atoms with Crippen LogP contribution in [0.15, 0.2) is 77.7 Å². The van der Waals surface area contributed by atoms with Gasteiger partial charge in [-0.2, -0.15) is 0 Å². The average molecular weight is 595 g/mol. The second-order valence-electron chi connectivity index (χ2n) is 10.1. The first-order chi connectivity index (χ1) is 21.3. The quantitative estimate of drug-likeness (QED) is 0.192. The van der Waals surface area contributed by atoms with Crippen LogP contribution in [0.2, 0.25) is 0 Å². The van der Waals surface area contributed by atoms with Crippen molar-refractivity contribution in [3.05, 3.63) is 117 Å². The molecule has 0 aliphatic heterocycles. The number of anilines is 1. The maximum atomic E-state index is 15.3. The topological polar surface area (TPSA) is 96.0 Å². The van der Waals surface area contributed by atoms with E-state index in [2.05, 4.69) is 15.1 Å². The van der Waals surface area contributed by atoms with Gasteiger partial charge in [-0.1, -0.05) is 6.57 Å². The molecule has 44 heavy (non-hydrogen) atoms. The minimum Gasteiger partial charge on any atom is -0.493 e. The highest BCUT2D eigenvalue weighted by atomic mass is 19.1. The van der Waals surface area contributed by atoms with Crippen LogP contribution in [-0.2, 0) is 0 Å². The molecule has 2 aromatic heterocycles. The summed E-state index contributed by atoms with van der Waals surface area (Å²) in [5.74, 6) is -0.809. The van der Waals surface area contributed by atoms with Crippen molar-refractivity contribution in [3.8, 4) is 28.7 Å². The van der Waals surface area contributed by atoms with E-state index in [1.54, 1.807) is 18.2 Å². The zero-order valence-electron chi connectivity index (χ0n) is 23.6. The molecule has 1 aliphatic rings. The van der Waals surface area contributed by atoms with Crippen LogP contribution in [0.1, 0.15) is 34.7 Å². The van der Waals surface area contributed by atoms with Crippen LogP contribution in [0.4, 0.5) is 20.3 Å². The fraction of sp³-hybridized carbons (Fsp3) is 0.152. The lowest BCUT2D eigenvalue weighted by atomic mass is 10.1. The molecule has 5 aromatic rings. The molecule has 1 aliphatic carbocycles. The van der Waals surface area contributed by atoms with E-state index in [-0.39, 0.29) is 34.4 Å². The Morgan fingerprint density at radius 3 is 2.34 bits per heavy atom. The molecule has 6 rings (SSSR count). The number of aromatic nitrogens is 2. The monoisotopic (exact) mass is 594 g/mol. The molecule has 0 unspecified atom stereocenters. The summed E-state index contributed by atoms with van der Waals surface area (Å²) in [6.45, 7) is 7.72. The Bertz CT molecular complexity index is 2030. The number of fused-ring (bicyclic) bond motifs is 1. The summed E-state index contributed by atoms with van der Waals surface area (Å²) >= 11 is 0. The minimum absolute atomic E-state index is 0.0251. The predicted molar refractivity (Wildman–Crippen MR) is 160 cm³/mol. The van der Waals surface area contributed by atoms with E-state index in [4.69, 9.17) is 20.8 Å². The van der Waals surface area contributed by atoms with Gasteiger partial charge in [-0.25, -0.2) is 18.1 Å². The maximum absolute atomic E-state index is 15.3. The predicted octanol–water partition coefficient (Wildman–Crippen LogP) is 7.15. The van der Waals surface area contributed by atoms with Crippen LogP contribution in [0, 0.1) is 18.2 Å². The molecule has 0 bridgehead atoms. The van der Waals surface area contributed by atoms with Crippen molar-refractivity contribution in [2.75, 3.05) is 19.5 Å². The van der Waals surface area contributed by atoms with Gasteiger partial charge in [0.1, 0.15) is 22.8 Å². The summed E-state index contributed by atoms with van der Waals surface area (Å²) in [5, 5.41) is 3.14. The second kappa shape index (κ2) is 11.5. The molecule has 220 valence electrons. The van der Waals surface area contributed by atoms with Crippen LogP contribution in [0.5, 0.6) is 23.0 Å². The van der Waals surface area contributed by atoms with Gasteiger partial charge in [0.05, 0.1) is 19.7 Å². The zero-order valence-corrected chi connectivity index (χ0v) is 23.6. The van der Waals surface area contributed by atoms with Gasteiger partial charge in [-0.3, -0.25) is 9.78 Å². The van der Waals surface area contributed by atoms with Gasteiger partial charge in [0.2, 0.25) is 5.82 Å². The highest BCUT2D eigenvalue weighted by Gasteiger charge is 2.31. The van der Waals surface area contributed by atoms with Gasteiger partial charge in [-0.05, 0) is 78.9 Å². The largest absolute Gasteiger partial charge is 0.493 e. The third-order valence-corrected chi connectivity index (χ3v) is 7.27. The van der Waals surface area contributed by atoms with Crippen LogP contribution in [-0.4, -0.2) is 29.7 Å². The number of hydrogen-bond acceptors (Lipinski definition) is 6. The van der Waals surface area contributed by atoms with Crippen LogP contribution >= 0.6 is 0 Å². The summed E-state index contributed by atoms with van der Waals surface area (Å²) in [5.41, 5.74) is 0.471. The number of carbonyl (C=O) groups is 1. The van der Waals surface area contributed by atoms with Crippen molar-refractivity contribution in [1.82, 2.24) is 9.55 Å². The number of hydrogen-bond donors (Lipinski definition) is 1. The summed E-state index contributed by atoms with van der Waals surface area (Å²) in [6.07, 6.45) is 3.14. The van der Waals surface area contributed by atoms with E-state index in [0.29, 0.717) is 33.7 Å². The van der Waals surface area contributed by atoms with E-state index in [0.717, 1.165) is 23.5 Å². The first-order valence-electron chi connectivity index (χ1n) is 13.5. The fourth-order valence-electron chi connectivity index (χ4n) is 4.94.